The molecule has 3 heterocycles. The van der Waals surface area contributed by atoms with E-state index < -0.39 is 5.82 Å². The molecule has 0 atom stereocenters. The van der Waals surface area contributed by atoms with Crippen molar-refractivity contribution >= 4 is 34.0 Å². The largest absolute Gasteiger partial charge is 0.495 e. The molecular weight excluding hydrogens is 493 g/mol. The standard InChI is InChI=1S/C28H29ClFN5O2/c1-3-37-23-14-22(36-2)27(29)26(28(23)30)20-6-5-19-13-25(33-16-21(19)12-20)34-24-7-4-18(15-32-24)17-35-10-8-31-9-11-35/h4-7,12-16,31H,3,8-11,17H2,1-2H3,(H,32,33,34). The van der Waals surface area contributed by atoms with Gasteiger partial charge in [0.1, 0.15) is 17.4 Å². The number of nitrogens with one attached hydrogen (secondary N) is 2. The van der Waals surface area contributed by atoms with Crippen LogP contribution in [-0.2, 0) is 6.54 Å². The Bertz CT molecular complexity index is 1390. The number of hydrogen-bond donors (Lipinski definition) is 2. The fraction of sp³-hybridized carbons (Fsp3) is 0.286. The van der Waals surface area contributed by atoms with Crippen LogP contribution in [0.1, 0.15) is 12.5 Å². The Kier molecular flexibility index (Phi) is 7.69. The summed E-state index contributed by atoms with van der Waals surface area (Å²) in [5.74, 6) is 1.33. The Morgan fingerprint density at radius 3 is 2.54 bits per heavy atom. The van der Waals surface area contributed by atoms with E-state index in [2.05, 4.69) is 31.6 Å². The fourth-order valence-corrected chi connectivity index (χ4v) is 4.79. The zero-order chi connectivity index (χ0) is 25.8. The van der Waals surface area contributed by atoms with Crippen LogP contribution in [0.4, 0.5) is 16.0 Å². The van der Waals surface area contributed by atoms with Crippen molar-refractivity contribution in [2.24, 2.45) is 0 Å². The quantitative estimate of drug-likeness (QED) is 0.310. The highest BCUT2D eigenvalue weighted by Crippen LogP contribution is 2.42. The van der Waals surface area contributed by atoms with Gasteiger partial charge in [-0.05, 0) is 41.6 Å². The average Bonchev–Trinajstić information content (AvgIpc) is 2.92. The molecule has 2 aromatic heterocycles. The maximum atomic E-state index is 15.3. The highest BCUT2D eigenvalue weighted by molar-refractivity contribution is 6.35. The van der Waals surface area contributed by atoms with Gasteiger partial charge in [0.15, 0.2) is 11.6 Å². The highest BCUT2D eigenvalue weighted by Gasteiger charge is 2.20. The number of anilines is 2. The number of methoxy groups -OCH3 is 1. The summed E-state index contributed by atoms with van der Waals surface area (Å²) in [6.07, 6.45) is 3.65. The van der Waals surface area contributed by atoms with E-state index in [0.717, 1.165) is 49.3 Å². The van der Waals surface area contributed by atoms with Crippen molar-refractivity contribution in [1.29, 1.82) is 0 Å². The Balaban J connectivity index is 1.36. The van der Waals surface area contributed by atoms with Gasteiger partial charge in [-0.3, -0.25) is 4.90 Å². The number of hydrogen-bond acceptors (Lipinski definition) is 7. The summed E-state index contributed by atoms with van der Waals surface area (Å²) in [5.41, 5.74) is 2.03. The molecule has 37 heavy (non-hydrogen) atoms. The van der Waals surface area contributed by atoms with Crippen molar-refractivity contribution in [3.63, 3.8) is 0 Å². The molecule has 1 fully saturated rings. The molecule has 0 spiro atoms. The van der Waals surface area contributed by atoms with Crippen LogP contribution in [0, 0.1) is 5.82 Å². The first-order chi connectivity index (χ1) is 18.1. The highest BCUT2D eigenvalue weighted by atomic mass is 35.5. The molecular formula is C28H29ClFN5O2. The van der Waals surface area contributed by atoms with Gasteiger partial charge < -0.3 is 20.1 Å². The number of benzene rings is 2. The van der Waals surface area contributed by atoms with E-state index in [1.807, 2.05) is 36.5 Å². The van der Waals surface area contributed by atoms with Crippen LogP contribution in [0.2, 0.25) is 5.02 Å². The van der Waals surface area contributed by atoms with Crippen LogP contribution in [-0.4, -0.2) is 54.8 Å². The minimum Gasteiger partial charge on any atom is -0.495 e. The molecule has 192 valence electrons. The van der Waals surface area contributed by atoms with Crippen LogP contribution in [0.3, 0.4) is 0 Å². The average molecular weight is 522 g/mol. The topological polar surface area (TPSA) is 71.5 Å². The zero-order valence-electron chi connectivity index (χ0n) is 20.9. The Morgan fingerprint density at radius 2 is 1.81 bits per heavy atom. The van der Waals surface area contributed by atoms with Gasteiger partial charge in [0.25, 0.3) is 0 Å². The van der Waals surface area contributed by atoms with Crippen LogP contribution in [0.15, 0.2) is 54.9 Å². The minimum atomic E-state index is -0.523. The summed E-state index contributed by atoms with van der Waals surface area (Å²) >= 11 is 6.49. The Morgan fingerprint density at radius 1 is 1.00 bits per heavy atom. The third-order valence-corrected chi connectivity index (χ3v) is 6.74. The monoisotopic (exact) mass is 521 g/mol. The summed E-state index contributed by atoms with van der Waals surface area (Å²) in [7, 11) is 1.49. The van der Waals surface area contributed by atoms with Crippen molar-refractivity contribution in [2.45, 2.75) is 13.5 Å². The van der Waals surface area contributed by atoms with E-state index in [1.165, 1.54) is 18.7 Å². The molecule has 5 rings (SSSR count). The lowest BCUT2D eigenvalue weighted by Gasteiger charge is -2.27. The molecule has 0 bridgehead atoms. The molecule has 2 N–H and O–H groups in total. The van der Waals surface area contributed by atoms with Gasteiger partial charge in [-0.25, -0.2) is 14.4 Å². The number of fused-ring (bicyclic) bond motifs is 1. The van der Waals surface area contributed by atoms with Crippen molar-refractivity contribution in [3.05, 3.63) is 71.3 Å². The predicted molar refractivity (Wildman–Crippen MR) is 146 cm³/mol. The number of pyridine rings is 2. The van der Waals surface area contributed by atoms with Crippen LogP contribution >= 0.6 is 11.6 Å². The van der Waals surface area contributed by atoms with E-state index in [1.54, 1.807) is 13.1 Å². The molecule has 1 saturated heterocycles. The summed E-state index contributed by atoms with van der Waals surface area (Å²) in [6, 6.07) is 13.1. The van der Waals surface area contributed by atoms with Gasteiger partial charge >= 0.3 is 0 Å². The van der Waals surface area contributed by atoms with Crippen LogP contribution in [0.5, 0.6) is 11.5 Å². The summed E-state index contributed by atoms with van der Waals surface area (Å²) in [4.78, 5) is 11.5. The second kappa shape index (κ2) is 11.3. The molecule has 2 aromatic carbocycles. The maximum absolute atomic E-state index is 15.3. The number of ether oxygens (including phenoxy) is 2. The minimum absolute atomic E-state index is 0.1000. The first kappa shape index (κ1) is 25.2. The maximum Gasteiger partial charge on any atom is 0.174 e. The lowest BCUT2D eigenvalue weighted by molar-refractivity contribution is 0.233. The van der Waals surface area contributed by atoms with Gasteiger partial charge in [0.2, 0.25) is 0 Å². The first-order valence-electron chi connectivity index (χ1n) is 12.3. The molecule has 0 amide bonds. The lowest BCUT2D eigenvalue weighted by Crippen LogP contribution is -2.42. The van der Waals surface area contributed by atoms with Gasteiger partial charge in [-0.2, -0.15) is 0 Å². The molecule has 0 unspecified atom stereocenters. The molecule has 1 aliphatic rings. The smallest absolute Gasteiger partial charge is 0.174 e. The molecule has 0 aliphatic carbocycles. The van der Waals surface area contributed by atoms with Crippen molar-refractivity contribution in [3.8, 4) is 22.6 Å². The molecule has 0 saturated carbocycles. The Labute approximate surface area is 220 Å². The summed E-state index contributed by atoms with van der Waals surface area (Å²) in [5, 5.41) is 8.62. The second-order valence-electron chi connectivity index (χ2n) is 8.85. The van der Waals surface area contributed by atoms with Crippen molar-refractivity contribution in [2.75, 3.05) is 45.2 Å². The molecule has 0 radical (unpaired) electrons. The van der Waals surface area contributed by atoms with Crippen LogP contribution < -0.4 is 20.1 Å². The Hall–Kier alpha value is -3.46. The molecule has 9 heteroatoms. The number of halogens is 2. The van der Waals surface area contributed by atoms with E-state index in [-0.39, 0.29) is 16.3 Å². The van der Waals surface area contributed by atoms with Gasteiger partial charge in [-0.1, -0.05) is 29.8 Å². The number of aromatic nitrogens is 2. The predicted octanol–water partition coefficient (Wildman–Crippen LogP) is 5.65. The summed E-state index contributed by atoms with van der Waals surface area (Å²) < 4.78 is 26.1. The number of piperazine rings is 1. The third-order valence-electron chi connectivity index (χ3n) is 6.36. The van der Waals surface area contributed by atoms with Crippen LogP contribution in [0.25, 0.3) is 21.9 Å². The fourth-order valence-electron chi connectivity index (χ4n) is 4.47. The number of nitrogens with zero attached hydrogens (tertiary/aromatic N) is 3. The SMILES string of the molecule is CCOc1cc(OC)c(Cl)c(-c2ccc3cc(Nc4ccc(CN5CCNCC5)cn4)ncc3c2)c1F. The van der Waals surface area contributed by atoms with Gasteiger partial charge in [0, 0.05) is 62.1 Å². The number of rotatable bonds is 8. The van der Waals surface area contributed by atoms with Crippen molar-refractivity contribution < 1.29 is 13.9 Å². The van der Waals surface area contributed by atoms with E-state index >= 15 is 4.39 Å². The molecule has 7 nitrogen and oxygen atoms in total. The normalized spacial score (nSPS) is 14.1. The molecule has 4 aromatic rings. The summed E-state index contributed by atoms with van der Waals surface area (Å²) in [6.45, 7) is 7.17. The first-order valence-corrected chi connectivity index (χ1v) is 12.7. The van der Waals surface area contributed by atoms with E-state index in [4.69, 9.17) is 21.1 Å². The van der Waals surface area contributed by atoms with E-state index in [0.29, 0.717) is 23.7 Å². The van der Waals surface area contributed by atoms with Gasteiger partial charge in [-0.15, -0.1) is 0 Å². The lowest BCUT2D eigenvalue weighted by atomic mass is 10.0. The second-order valence-corrected chi connectivity index (χ2v) is 9.23. The third kappa shape index (κ3) is 5.61. The van der Waals surface area contributed by atoms with E-state index in [9.17, 15) is 0 Å². The van der Waals surface area contributed by atoms with Crippen molar-refractivity contribution in [1.82, 2.24) is 20.2 Å². The van der Waals surface area contributed by atoms with Gasteiger partial charge in [0.05, 0.1) is 18.7 Å². The molecule has 1 aliphatic heterocycles. The zero-order valence-corrected chi connectivity index (χ0v) is 21.6.